The Morgan fingerprint density at radius 3 is 2.53 bits per heavy atom. The van der Waals surface area contributed by atoms with Crippen LogP contribution in [0.25, 0.3) is 0 Å². The maximum atomic E-state index is 12.9. The van der Waals surface area contributed by atoms with Crippen LogP contribution in [-0.4, -0.2) is 45.4 Å². The number of aromatic nitrogens is 1. The van der Waals surface area contributed by atoms with Gasteiger partial charge in [0.15, 0.2) is 5.84 Å². The molecule has 1 fully saturated rings. The van der Waals surface area contributed by atoms with E-state index in [0.717, 1.165) is 60.7 Å². The van der Waals surface area contributed by atoms with Gasteiger partial charge in [-0.15, -0.1) is 5.10 Å². The van der Waals surface area contributed by atoms with Gasteiger partial charge in [0.25, 0.3) is 0 Å². The topological polar surface area (TPSA) is 87.2 Å². The second kappa shape index (κ2) is 11.6. The molecule has 7 nitrogen and oxygen atoms in total. The molecule has 2 aliphatic rings. The lowest BCUT2D eigenvalue weighted by molar-refractivity contribution is -0.132. The fourth-order valence-corrected chi connectivity index (χ4v) is 4.33. The maximum absolute atomic E-state index is 12.9. The standard InChI is InChI=1S/C27H36N6O/c1-19(2)33-20(3)9-11-26(31-33)30-22(5)25(21(4)28)10-12-27(34)32-16-13-23(14-17-32)18-24-8-6-7-15-29-24/h6-9,11,15,23H,1,3,10,12-14,16-18,28H2,2,4-5H3. The van der Waals surface area contributed by atoms with Crippen LogP contribution >= 0.6 is 0 Å². The van der Waals surface area contributed by atoms with Gasteiger partial charge in [-0.25, -0.2) is 10.0 Å². The molecule has 7 heteroatoms. The van der Waals surface area contributed by atoms with Gasteiger partial charge in [0.2, 0.25) is 5.91 Å². The number of likely N-dealkylation sites (tertiary alicyclic amines) is 1. The number of nitrogens with two attached hydrogens (primary N) is 1. The van der Waals surface area contributed by atoms with Crippen molar-refractivity contribution < 1.29 is 4.79 Å². The zero-order valence-electron chi connectivity index (χ0n) is 20.6. The normalized spacial score (nSPS) is 18.0. The number of aliphatic imine (C=N–C) groups is 1. The summed E-state index contributed by atoms with van der Waals surface area (Å²) in [5.41, 5.74) is 11.1. The fourth-order valence-electron chi connectivity index (χ4n) is 4.33. The highest BCUT2D eigenvalue weighted by atomic mass is 16.2. The highest BCUT2D eigenvalue weighted by Gasteiger charge is 2.23. The molecule has 2 N–H and O–H groups in total. The number of rotatable bonds is 7. The first kappa shape index (κ1) is 25.1. The summed E-state index contributed by atoms with van der Waals surface area (Å²) in [5, 5.41) is 6.14. The minimum atomic E-state index is 0.169. The van der Waals surface area contributed by atoms with Gasteiger partial charge >= 0.3 is 0 Å². The lowest BCUT2D eigenvalue weighted by Crippen LogP contribution is -2.39. The van der Waals surface area contributed by atoms with E-state index in [1.165, 1.54) is 0 Å². The predicted octanol–water partition coefficient (Wildman–Crippen LogP) is 4.57. The largest absolute Gasteiger partial charge is 0.402 e. The van der Waals surface area contributed by atoms with Crippen molar-refractivity contribution in [3.05, 3.63) is 78.1 Å². The van der Waals surface area contributed by atoms with Crippen molar-refractivity contribution in [2.45, 2.75) is 52.9 Å². The first-order valence-electron chi connectivity index (χ1n) is 11.8. The number of nitrogens with zero attached hydrogens (tertiary/aromatic N) is 5. The molecule has 1 amide bonds. The molecule has 3 heterocycles. The molecule has 0 aromatic carbocycles. The van der Waals surface area contributed by atoms with E-state index in [1.807, 2.05) is 56.2 Å². The molecule has 0 atom stereocenters. The van der Waals surface area contributed by atoms with Crippen molar-refractivity contribution in [3.8, 4) is 0 Å². The molecule has 1 aromatic rings. The number of hydrazone groups is 1. The third kappa shape index (κ3) is 6.76. The fraction of sp³-hybridized carbons (Fsp3) is 0.407. The number of allylic oxidation sites excluding steroid dienone is 4. The summed E-state index contributed by atoms with van der Waals surface area (Å²) in [6, 6.07) is 6.04. The number of amides is 1. The third-order valence-corrected chi connectivity index (χ3v) is 6.24. The Hall–Kier alpha value is -3.48. The molecule has 0 spiro atoms. The van der Waals surface area contributed by atoms with Crippen molar-refractivity contribution in [2.24, 2.45) is 21.7 Å². The van der Waals surface area contributed by atoms with Crippen LogP contribution < -0.4 is 5.73 Å². The molecular weight excluding hydrogens is 424 g/mol. The lowest BCUT2D eigenvalue weighted by Gasteiger charge is -2.32. The van der Waals surface area contributed by atoms with Crippen molar-refractivity contribution in [2.75, 3.05) is 13.1 Å². The summed E-state index contributed by atoms with van der Waals surface area (Å²) < 4.78 is 0. The van der Waals surface area contributed by atoms with E-state index in [-0.39, 0.29) is 5.91 Å². The van der Waals surface area contributed by atoms with Gasteiger partial charge < -0.3 is 10.6 Å². The Kier molecular flexibility index (Phi) is 8.57. The number of hydrogen-bond donors (Lipinski definition) is 1. The van der Waals surface area contributed by atoms with Crippen LogP contribution in [-0.2, 0) is 11.2 Å². The SMILES string of the molecule is C=C(C)N1N=C(N=C(C)C(CCC(=O)N2CCC(Cc3ccccn3)CC2)=C(C)N)C=CC1=C. The summed E-state index contributed by atoms with van der Waals surface area (Å²) in [4.78, 5) is 24.0. The average Bonchev–Trinajstić information content (AvgIpc) is 2.81. The first-order chi connectivity index (χ1) is 16.2. The second-order valence-corrected chi connectivity index (χ2v) is 9.04. The van der Waals surface area contributed by atoms with Crippen molar-refractivity contribution in [1.29, 1.82) is 0 Å². The molecule has 3 rings (SSSR count). The van der Waals surface area contributed by atoms with E-state index in [2.05, 4.69) is 34.3 Å². The Morgan fingerprint density at radius 1 is 1.18 bits per heavy atom. The molecule has 180 valence electrons. The summed E-state index contributed by atoms with van der Waals surface area (Å²) in [6.45, 7) is 15.1. The Morgan fingerprint density at radius 2 is 1.91 bits per heavy atom. The number of carbonyl (C=O) groups is 1. The van der Waals surface area contributed by atoms with Gasteiger partial charge in [-0.3, -0.25) is 9.78 Å². The smallest absolute Gasteiger partial charge is 0.222 e. The lowest BCUT2D eigenvalue weighted by atomic mass is 9.91. The number of hydrogen-bond acceptors (Lipinski definition) is 6. The molecule has 0 radical (unpaired) electrons. The summed E-state index contributed by atoms with van der Waals surface area (Å²) in [7, 11) is 0. The van der Waals surface area contributed by atoms with Crippen molar-refractivity contribution in [3.63, 3.8) is 0 Å². The van der Waals surface area contributed by atoms with E-state index in [0.29, 0.717) is 30.3 Å². The third-order valence-electron chi connectivity index (χ3n) is 6.24. The Bertz CT molecular complexity index is 1040. The highest BCUT2D eigenvalue weighted by Crippen LogP contribution is 2.23. The molecule has 0 unspecified atom stereocenters. The summed E-state index contributed by atoms with van der Waals surface area (Å²) in [5.74, 6) is 1.30. The summed E-state index contributed by atoms with van der Waals surface area (Å²) >= 11 is 0. The molecule has 0 aliphatic carbocycles. The van der Waals surface area contributed by atoms with Crippen LogP contribution in [0.4, 0.5) is 0 Å². The van der Waals surface area contributed by atoms with E-state index >= 15 is 0 Å². The molecule has 0 saturated carbocycles. The molecule has 1 saturated heterocycles. The van der Waals surface area contributed by atoms with Crippen LogP contribution in [0.2, 0.25) is 0 Å². The first-order valence-corrected chi connectivity index (χ1v) is 11.8. The van der Waals surface area contributed by atoms with Crippen LogP contribution in [0, 0.1) is 5.92 Å². The van der Waals surface area contributed by atoms with Gasteiger partial charge in [0.1, 0.15) is 0 Å². The van der Waals surface area contributed by atoms with E-state index < -0.39 is 0 Å². The Balaban J connectivity index is 1.55. The van der Waals surface area contributed by atoms with E-state index in [4.69, 9.17) is 5.73 Å². The molecule has 1 aromatic heterocycles. The van der Waals surface area contributed by atoms with Crippen LogP contribution in [0.1, 0.15) is 52.1 Å². The van der Waals surface area contributed by atoms with Crippen LogP contribution in [0.3, 0.4) is 0 Å². The maximum Gasteiger partial charge on any atom is 0.222 e. The number of carbonyl (C=O) groups excluding carboxylic acids is 1. The molecule has 2 aliphatic heterocycles. The quantitative estimate of drug-likeness (QED) is 0.604. The molecule has 0 bridgehead atoms. The summed E-state index contributed by atoms with van der Waals surface area (Å²) in [6.07, 6.45) is 9.48. The van der Waals surface area contributed by atoms with Crippen LogP contribution in [0.15, 0.2) is 82.5 Å². The van der Waals surface area contributed by atoms with Crippen molar-refractivity contribution >= 4 is 17.5 Å². The molecular formula is C27H36N6O. The van der Waals surface area contributed by atoms with Gasteiger partial charge in [0, 0.05) is 48.5 Å². The Labute approximate surface area is 203 Å². The van der Waals surface area contributed by atoms with Gasteiger partial charge in [-0.05, 0) is 82.2 Å². The van der Waals surface area contributed by atoms with E-state index in [1.54, 1.807) is 5.01 Å². The minimum absolute atomic E-state index is 0.169. The van der Waals surface area contributed by atoms with E-state index in [9.17, 15) is 4.79 Å². The number of pyridine rings is 1. The predicted molar refractivity (Wildman–Crippen MR) is 139 cm³/mol. The second-order valence-electron chi connectivity index (χ2n) is 9.04. The molecule has 34 heavy (non-hydrogen) atoms. The van der Waals surface area contributed by atoms with Crippen LogP contribution in [0.5, 0.6) is 0 Å². The minimum Gasteiger partial charge on any atom is -0.402 e. The highest BCUT2D eigenvalue weighted by molar-refractivity contribution is 6.09. The van der Waals surface area contributed by atoms with Gasteiger partial charge in [0.05, 0.1) is 5.70 Å². The zero-order chi connectivity index (χ0) is 24.7. The van der Waals surface area contributed by atoms with Gasteiger partial charge in [-0.2, -0.15) is 0 Å². The monoisotopic (exact) mass is 460 g/mol. The number of amidine groups is 1. The number of piperidine rings is 1. The zero-order valence-corrected chi connectivity index (χ0v) is 20.6. The average molecular weight is 461 g/mol. The van der Waals surface area contributed by atoms with Crippen molar-refractivity contribution in [1.82, 2.24) is 14.9 Å². The van der Waals surface area contributed by atoms with Gasteiger partial charge in [-0.1, -0.05) is 19.2 Å².